The van der Waals surface area contributed by atoms with Gasteiger partial charge in [0.1, 0.15) is 28.7 Å². The molecule has 2 aromatic heterocycles. The van der Waals surface area contributed by atoms with E-state index in [1.54, 1.807) is 0 Å². The van der Waals surface area contributed by atoms with Crippen LogP contribution in [0.5, 0.6) is 23.0 Å². The molecule has 9 rings (SSSR count). The molecule has 0 radical (unpaired) electrons. The smallest absolute Gasteiger partial charge is 0.132 e. The van der Waals surface area contributed by atoms with Gasteiger partial charge in [0.15, 0.2) is 0 Å². The summed E-state index contributed by atoms with van der Waals surface area (Å²) in [6.45, 7) is 15.4. The van der Waals surface area contributed by atoms with Crippen LogP contribution in [-0.4, -0.2) is 20.0 Å². The van der Waals surface area contributed by atoms with Crippen molar-refractivity contribution in [2.24, 2.45) is 0 Å². The number of para-hydroxylation sites is 2. The molecular weight excluding hydrogens is 725 g/mol. The number of fused-ring (bicyclic) bond motifs is 2. The third-order valence-electron chi connectivity index (χ3n) is 11.6. The predicted octanol–water partition coefficient (Wildman–Crippen LogP) is 13.4. The van der Waals surface area contributed by atoms with E-state index in [0.29, 0.717) is 23.3 Å². The fraction of sp³-hybridized carbons (Fsp3) is 0.189. The van der Waals surface area contributed by atoms with E-state index in [4.69, 9.17) is 24.8 Å². The van der Waals surface area contributed by atoms with Gasteiger partial charge in [-0.2, -0.15) is 0 Å². The highest BCUT2D eigenvalue weighted by Gasteiger charge is 2.46. The van der Waals surface area contributed by atoms with E-state index in [-0.39, 0.29) is 0 Å². The molecule has 0 N–H and O–H groups in total. The van der Waals surface area contributed by atoms with E-state index < -0.39 is 5.41 Å². The van der Waals surface area contributed by atoms with E-state index in [1.165, 1.54) is 33.4 Å². The first-order valence-corrected chi connectivity index (χ1v) is 20.5. The first-order valence-electron chi connectivity index (χ1n) is 20.5. The Labute approximate surface area is 347 Å². The van der Waals surface area contributed by atoms with Crippen LogP contribution in [0.3, 0.4) is 0 Å². The van der Waals surface area contributed by atoms with Gasteiger partial charge in [0.05, 0.1) is 23.0 Å². The third-order valence-corrected chi connectivity index (χ3v) is 11.6. The highest BCUT2D eigenvalue weighted by molar-refractivity contribution is 5.76. The molecule has 6 heteroatoms. The van der Waals surface area contributed by atoms with Crippen LogP contribution < -0.4 is 9.47 Å². The molecule has 0 fully saturated rings. The van der Waals surface area contributed by atoms with Crippen LogP contribution in [0, 0.1) is 20.8 Å². The number of hydrogen-bond donors (Lipinski definition) is 0. The van der Waals surface area contributed by atoms with Gasteiger partial charge in [-0.25, -0.2) is 4.68 Å². The van der Waals surface area contributed by atoms with Crippen molar-refractivity contribution in [3.8, 4) is 51.1 Å². The fourth-order valence-electron chi connectivity index (χ4n) is 9.15. The minimum Gasteiger partial charge on any atom is -0.457 e. The monoisotopic (exact) mass is 772 g/mol. The van der Waals surface area contributed by atoms with Gasteiger partial charge in [0.25, 0.3) is 0 Å². The molecule has 0 saturated heterocycles. The van der Waals surface area contributed by atoms with Crippen LogP contribution in [0.25, 0.3) is 28.1 Å². The molecule has 0 spiro atoms. The molecule has 0 bridgehead atoms. The minimum absolute atomic E-state index is 0.334. The Morgan fingerprint density at radius 2 is 1.25 bits per heavy atom. The lowest BCUT2D eigenvalue weighted by molar-refractivity contribution is 0.431. The molecule has 0 saturated carbocycles. The lowest BCUT2D eigenvalue weighted by atomic mass is 9.65. The topological polar surface area (TPSA) is 62.1 Å². The molecule has 3 heterocycles. The van der Waals surface area contributed by atoms with Crippen molar-refractivity contribution in [3.63, 3.8) is 0 Å². The number of nitrogens with zero attached hydrogens (tertiary/aromatic N) is 4. The van der Waals surface area contributed by atoms with Crippen molar-refractivity contribution in [1.82, 2.24) is 20.0 Å². The molecule has 59 heavy (non-hydrogen) atoms. The SMILES string of the molecule is Cc1cc(C)c(-c2cc(Oc3cccc(C4(c5ccccn5)c5ccccc5Oc5ccccc54)c3)cc(-n3cc(-c4c(C(C)C)cccc4C(C)C)nn3)c2)c(C)c1. The zero-order valence-electron chi connectivity index (χ0n) is 34.7. The average Bonchev–Trinajstić information content (AvgIpc) is 3.73. The van der Waals surface area contributed by atoms with Crippen molar-refractivity contribution >= 4 is 0 Å². The maximum absolute atomic E-state index is 6.97. The molecule has 1 aliphatic rings. The number of aromatic nitrogens is 4. The quantitative estimate of drug-likeness (QED) is 0.146. The predicted molar refractivity (Wildman–Crippen MR) is 237 cm³/mol. The largest absolute Gasteiger partial charge is 0.457 e. The maximum atomic E-state index is 6.97. The van der Waals surface area contributed by atoms with E-state index >= 15 is 0 Å². The highest BCUT2D eigenvalue weighted by Crippen LogP contribution is 2.55. The van der Waals surface area contributed by atoms with Crippen molar-refractivity contribution in [3.05, 3.63) is 202 Å². The van der Waals surface area contributed by atoms with Gasteiger partial charge < -0.3 is 9.47 Å². The molecule has 1 aliphatic heterocycles. The van der Waals surface area contributed by atoms with Crippen LogP contribution in [0.15, 0.2) is 152 Å². The van der Waals surface area contributed by atoms with Gasteiger partial charge in [-0.05, 0) is 120 Å². The minimum atomic E-state index is -0.770. The standard InChI is InChI=1S/C53H48N4O2/c1-33(2)43-18-15-19-44(34(3)4)52(43)47-32-57(56-55-47)40-28-38(51-36(6)26-35(5)27-37(51)7)29-42(31-40)58-41-17-14-16-39(30-41)53(50-24-12-13-25-54-50)45-20-8-10-22-48(45)59-49-23-11-9-21-46(49)53/h8-34H,1-7H3. The summed E-state index contributed by atoms with van der Waals surface area (Å²) in [4.78, 5) is 5.02. The summed E-state index contributed by atoms with van der Waals surface area (Å²) in [6.07, 6.45) is 3.92. The second-order valence-corrected chi connectivity index (χ2v) is 16.3. The zero-order valence-corrected chi connectivity index (χ0v) is 34.7. The van der Waals surface area contributed by atoms with E-state index in [1.807, 2.05) is 53.3 Å². The van der Waals surface area contributed by atoms with Gasteiger partial charge in [-0.1, -0.05) is 123 Å². The number of pyridine rings is 1. The lowest BCUT2D eigenvalue weighted by Crippen LogP contribution is -2.35. The number of rotatable bonds is 9. The Balaban J connectivity index is 1.20. The molecule has 0 amide bonds. The van der Waals surface area contributed by atoms with Crippen LogP contribution in [-0.2, 0) is 5.41 Å². The van der Waals surface area contributed by atoms with Gasteiger partial charge in [0.2, 0.25) is 0 Å². The third kappa shape index (κ3) is 6.68. The van der Waals surface area contributed by atoms with Crippen molar-refractivity contribution in [2.45, 2.75) is 65.7 Å². The van der Waals surface area contributed by atoms with E-state index in [0.717, 1.165) is 56.4 Å². The highest BCUT2D eigenvalue weighted by atomic mass is 16.5. The van der Waals surface area contributed by atoms with E-state index in [2.05, 4.69) is 152 Å². The molecule has 6 aromatic carbocycles. The number of hydrogen-bond acceptors (Lipinski definition) is 5. The normalized spacial score (nSPS) is 12.9. The van der Waals surface area contributed by atoms with Gasteiger partial charge in [-0.15, -0.1) is 5.10 Å². The summed E-state index contributed by atoms with van der Waals surface area (Å²) in [6, 6.07) is 48.5. The molecule has 0 aliphatic carbocycles. The summed E-state index contributed by atoms with van der Waals surface area (Å²) in [5.41, 5.74) is 14.5. The second-order valence-electron chi connectivity index (χ2n) is 16.3. The molecule has 8 aromatic rings. The Morgan fingerprint density at radius 3 is 1.90 bits per heavy atom. The molecule has 0 unspecified atom stereocenters. The molecule has 0 atom stereocenters. The Hall–Kier alpha value is -6.79. The average molecular weight is 773 g/mol. The Bertz CT molecular complexity index is 2740. The lowest BCUT2D eigenvalue weighted by Gasteiger charge is -2.40. The van der Waals surface area contributed by atoms with Gasteiger partial charge in [0, 0.05) is 29.0 Å². The Kier molecular flexibility index (Phi) is 9.72. The molecule has 6 nitrogen and oxygen atoms in total. The second kappa shape index (κ2) is 15.2. The molecular formula is C53H48N4O2. The summed E-state index contributed by atoms with van der Waals surface area (Å²) in [5, 5.41) is 9.56. The van der Waals surface area contributed by atoms with Crippen LogP contribution in [0.1, 0.15) is 89.7 Å². The fourth-order valence-corrected chi connectivity index (χ4v) is 9.15. The molecule has 292 valence electrons. The summed E-state index contributed by atoms with van der Waals surface area (Å²) >= 11 is 0. The van der Waals surface area contributed by atoms with Gasteiger partial charge in [-0.3, -0.25) is 4.98 Å². The summed E-state index contributed by atoms with van der Waals surface area (Å²) in [5.74, 6) is 3.66. The maximum Gasteiger partial charge on any atom is 0.132 e. The summed E-state index contributed by atoms with van der Waals surface area (Å²) < 4.78 is 15.4. The first kappa shape index (κ1) is 37.8. The van der Waals surface area contributed by atoms with Gasteiger partial charge >= 0.3 is 0 Å². The van der Waals surface area contributed by atoms with Crippen LogP contribution >= 0.6 is 0 Å². The van der Waals surface area contributed by atoms with E-state index in [9.17, 15) is 0 Å². The van der Waals surface area contributed by atoms with Crippen LogP contribution in [0.2, 0.25) is 0 Å². The van der Waals surface area contributed by atoms with Crippen molar-refractivity contribution in [1.29, 1.82) is 0 Å². The Morgan fingerprint density at radius 1 is 0.610 bits per heavy atom. The zero-order chi connectivity index (χ0) is 40.8. The van der Waals surface area contributed by atoms with Crippen molar-refractivity contribution in [2.75, 3.05) is 0 Å². The number of ether oxygens (including phenoxy) is 2. The summed E-state index contributed by atoms with van der Waals surface area (Å²) in [7, 11) is 0. The first-order chi connectivity index (χ1) is 28.6. The van der Waals surface area contributed by atoms with Crippen LogP contribution in [0.4, 0.5) is 0 Å². The number of aryl methyl sites for hydroxylation is 3. The van der Waals surface area contributed by atoms with Crippen molar-refractivity contribution < 1.29 is 9.47 Å². The number of benzene rings is 6.